The third-order valence-electron chi connectivity index (χ3n) is 3.51. The summed E-state index contributed by atoms with van der Waals surface area (Å²) in [6, 6.07) is 0. The van der Waals surface area contributed by atoms with Crippen LogP contribution >= 0.6 is 23.4 Å². The maximum atomic E-state index is 6.29. The summed E-state index contributed by atoms with van der Waals surface area (Å²) < 4.78 is 4.16. The molecule has 0 amide bonds. The van der Waals surface area contributed by atoms with E-state index in [2.05, 4.69) is 15.9 Å². The highest BCUT2D eigenvalue weighted by Gasteiger charge is 2.19. The molecule has 2 aromatic heterocycles. The third-order valence-corrected chi connectivity index (χ3v) is 4.40. The van der Waals surface area contributed by atoms with Crippen molar-refractivity contribution in [2.45, 2.75) is 45.0 Å². The smallest absolute Gasteiger partial charge is 0.158 e. The van der Waals surface area contributed by atoms with Crippen LogP contribution in [0.4, 0.5) is 0 Å². The van der Waals surface area contributed by atoms with Crippen molar-refractivity contribution in [3.63, 3.8) is 0 Å². The molecule has 6 heteroatoms. The predicted octanol–water partition coefficient (Wildman–Crippen LogP) is 3.91. The monoisotopic (exact) mass is 314 g/mol. The highest BCUT2D eigenvalue weighted by atomic mass is 35.5. The summed E-state index contributed by atoms with van der Waals surface area (Å²) in [5.41, 5.74) is 3.05. The van der Waals surface area contributed by atoms with Crippen molar-refractivity contribution >= 4 is 34.5 Å². The second-order valence-electron chi connectivity index (χ2n) is 5.17. The van der Waals surface area contributed by atoms with Crippen LogP contribution in [-0.2, 0) is 13.6 Å². The van der Waals surface area contributed by atoms with Crippen LogP contribution in [0.15, 0.2) is 0 Å². The van der Waals surface area contributed by atoms with E-state index in [-0.39, 0.29) is 5.38 Å². The minimum atomic E-state index is -0.0759. The fourth-order valence-corrected chi connectivity index (χ4v) is 3.23. The van der Waals surface area contributed by atoms with Gasteiger partial charge in [-0.15, -0.1) is 11.6 Å². The molecule has 0 saturated heterocycles. The van der Waals surface area contributed by atoms with Gasteiger partial charge in [0, 0.05) is 13.6 Å². The lowest BCUT2D eigenvalue weighted by Crippen LogP contribution is -2.08. The van der Waals surface area contributed by atoms with Gasteiger partial charge in [0.2, 0.25) is 0 Å². The number of thioether (sulfide) groups is 1. The molecule has 2 rings (SSSR count). The van der Waals surface area contributed by atoms with Crippen LogP contribution in [0.1, 0.15) is 43.1 Å². The van der Waals surface area contributed by atoms with E-state index in [0.29, 0.717) is 0 Å². The van der Waals surface area contributed by atoms with Crippen LogP contribution < -0.4 is 0 Å². The maximum absolute atomic E-state index is 6.29. The standard InChI is InChI=1S/C14H23ClN4S/c1-10(15)13-16-12-11(2)17-18(3)14(12)19(13)8-6-5-7-9-20-4/h10H,5-9H2,1-4H3. The molecule has 0 N–H and O–H groups in total. The SMILES string of the molecule is CSCCCCCn1c(C(C)Cl)nc2c(C)nn(C)c21. The number of nitrogens with zero attached hydrogens (tertiary/aromatic N) is 4. The summed E-state index contributed by atoms with van der Waals surface area (Å²) in [5, 5.41) is 4.38. The van der Waals surface area contributed by atoms with Gasteiger partial charge in [-0.05, 0) is 38.7 Å². The summed E-state index contributed by atoms with van der Waals surface area (Å²) in [5.74, 6) is 2.20. The van der Waals surface area contributed by atoms with Gasteiger partial charge in [0.25, 0.3) is 0 Å². The zero-order chi connectivity index (χ0) is 14.7. The van der Waals surface area contributed by atoms with E-state index in [1.165, 1.54) is 18.6 Å². The second kappa shape index (κ2) is 6.85. The Morgan fingerprint density at radius 1 is 1.30 bits per heavy atom. The van der Waals surface area contributed by atoms with Crippen molar-refractivity contribution in [2.75, 3.05) is 12.0 Å². The highest BCUT2D eigenvalue weighted by Crippen LogP contribution is 2.26. The molecule has 4 nitrogen and oxygen atoms in total. The Bertz CT molecular complexity index is 573. The minimum absolute atomic E-state index is 0.0759. The first kappa shape index (κ1) is 15.7. The zero-order valence-corrected chi connectivity index (χ0v) is 14.3. The molecule has 0 aliphatic carbocycles. The molecule has 20 heavy (non-hydrogen) atoms. The molecule has 0 aliphatic heterocycles. The van der Waals surface area contributed by atoms with Gasteiger partial charge in [0.1, 0.15) is 11.3 Å². The molecule has 112 valence electrons. The number of aryl methyl sites for hydroxylation is 3. The number of hydrogen-bond donors (Lipinski definition) is 0. The van der Waals surface area contributed by atoms with Crippen LogP contribution in [0.3, 0.4) is 0 Å². The lowest BCUT2D eigenvalue weighted by molar-refractivity contribution is 0.578. The lowest BCUT2D eigenvalue weighted by atomic mass is 10.2. The molecular formula is C14H23ClN4S. The summed E-state index contributed by atoms with van der Waals surface area (Å²) in [6.45, 7) is 4.95. The summed E-state index contributed by atoms with van der Waals surface area (Å²) >= 11 is 8.20. The fraction of sp³-hybridized carbons (Fsp3) is 0.714. The van der Waals surface area contributed by atoms with E-state index < -0.39 is 0 Å². The number of imidazole rings is 1. The van der Waals surface area contributed by atoms with Crippen LogP contribution in [0.5, 0.6) is 0 Å². The number of halogens is 1. The van der Waals surface area contributed by atoms with Gasteiger partial charge >= 0.3 is 0 Å². The fourth-order valence-electron chi connectivity index (χ4n) is 2.57. The average Bonchev–Trinajstić information content (AvgIpc) is 2.89. The van der Waals surface area contributed by atoms with Crippen molar-refractivity contribution in [1.29, 1.82) is 0 Å². The topological polar surface area (TPSA) is 35.6 Å². The summed E-state index contributed by atoms with van der Waals surface area (Å²) in [4.78, 5) is 4.69. The molecule has 0 radical (unpaired) electrons. The molecule has 0 spiro atoms. The Morgan fingerprint density at radius 2 is 2.05 bits per heavy atom. The van der Waals surface area contributed by atoms with E-state index >= 15 is 0 Å². The summed E-state index contributed by atoms with van der Waals surface area (Å²) in [6.07, 6.45) is 5.83. The quantitative estimate of drug-likeness (QED) is 0.574. The largest absolute Gasteiger partial charge is 0.312 e. The molecule has 0 fully saturated rings. The Labute approximate surface area is 129 Å². The van der Waals surface area contributed by atoms with Gasteiger partial charge in [-0.2, -0.15) is 16.9 Å². The Balaban J connectivity index is 2.22. The van der Waals surface area contributed by atoms with Gasteiger partial charge in [-0.3, -0.25) is 4.68 Å². The first-order valence-corrected chi connectivity index (χ1v) is 8.92. The molecule has 2 heterocycles. The second-order valence-corrected chi connectivity index (χ2v) is 6.81. The Kier molecular flexibility index (Phi) is 5.38. The molecule has 0 aromatic carbocycles. The van der Waals surface area contributed by atoms with Crippen LogP contribution in [0, 0.1) is 6.92 Å². The van der Waals surface area contributed by atoms with E-state index in [1.54, 1.807) is 0 Å². The van der Waals surface area contributed by atoms with E-state index in [0.717, 1.165) is 35.6 Å². The maximum Gasteiger partial charge on any atom is 0.158 e. The Hall–Kier alpha value is -0.680. The number of hydrogen-bond acceptors (Lipinski definition) is 3. The van der Waals surface area contributed by atoms with Crippen molar-refractivity contribution in [2.24, 2.45) is 7.05 Å². The lowest BCUT2D eigenvalue weighted by Gasteiger charge is -2.10. The molecule has 1 atom stereocenters. The number of rotatable bonds is 7. The van der Waals surface area contributed by atoms with Crippen molar-refractivity contribution < 1.29 is 0 Å². The van der Waals surface area contributed by atoms with Crippen molar-refractivity contribution in [3.8, 4) is 0 Å². The molecule has 1 unspecified atom stereocenters. The Morgan fingerprint density at radius 3 is 2.70 bits per heavy atom. The zero-order valence-electron chi connectivity index (χ0n) is 12.7. The van der Waals surface area contributed by atoms with Gasteiger partial charge < -0.3 is 4.57 Å². The molecule has 0 bridgehead atoms. The average molecular weight is 315 g/mol. The highest BCUT2D eigenvalue weighted by molar-refractivity contribution is 7.98. The third kappa shape index (κ3) is 3.14. The number of aromatic nitrogens is 4. The number of fused-ring (bicyclic) bond motifs is 1. The molecular weight excluding hydrogens is 292 g/mol. The molecule has 0 saturated carbocycles. The normalized spacial score (nSPS) is 13.2. The van der Waals surface area contributed by atoms with Crippen molar-refractivity contribution in [3.05, 3.63) is 11.5 Å². The van der Waals surface area contributed by atoms with Gasteiger partial charge in [0.05, 0.1) is 11.1 Å². The van der Waals surface area contributed by atoms with E-state index in [4.69, 9.17) is 16.6 Å². The van der Waals surface area contributed by atoms with E-state index in [1.807, 2.05) is 37.3 Å². The first-order chi connectivity index (χ1) is 9.56. The predicted molar refractivity (Wildman–Crippen MR) is 87.7 cm³/mol. The minimum Gasteiger partial charge on any atom is -0.312 e. The first-order valence-electron chi connectivity index (χ1n) is 7.09. The van der Waals surface area contributed by atoms with Crippen LogP contribution in [-0.4, -0.2) is 31.3 Å². The van der Waals surface area contributed by atoms with Gasteiger partial charge in [-0.25, -0.2) is 4.98 Å². The van der Waals surface area contributed by atoms with Gasteiger partial charge in [-0.1, -0.05) is 6.42 Å². The van der Waals surface area contributed by atoms with Crippen molar-refractivity contribution in [1.82, 2.24) is 19.3 Å². The number of alkyl halides is 1. The van der Waals surface area contributed by atoms with E-state index in [9.17, 15) is 0 Å². The van der Waals surface area contributed by atoms with Crippen LogP contribution in [0.2, 0.25) is 0 Å². The summed E-state index contributed by atoms with van der Waals surface area (Å²) in [7, 11) is 1.98. The molecule has 0 aliphatic rings. The molecule has 2 aromatic rings. The number of unbranched alkanes of at least 4 members (excludes halogenated alkanes) is 2. The van der Waals surface area contributed by atoms with Gasteiger partial charge in [0.15, 0.2) is 5.65 Å². The van der Waals surface area contributed by atoms with Crippen LogP contribution in [0.25, 0.3) is 11.2 Å².